The van der Waals surface area contributed by atoms with Crippen molar-refractivity contribution in [2.45, 2.75) is 0 Å². The molecule has 1 aromatic carbocycles. The lowest BCUT2D eigenvalue weighted by molar-refractivity contribution is 0.581. The van der Waals surface area contributed by atoms with Crippen LogP contribution in [0.2, 0.25) is 0 Å². The van der Waals surface area contributed by atoms with Crippen LogP contribution in [0.3, 0.4) is 0 Å². The molecule has 1 aliphatic heterocycles. The van der Waals surface area contributed by atoms with Crippen molar-refractivity contribution in [2.24, 2.45) is 4.40 Å². The first-order chi connectivity index (χ1) is 8.49. The van der Waals surface area contributed by atoms with Crippen LogP contribution in [0.1, 0.15) is 0 Å². The van der Waals surface area contributed by atoms with Crippen LogP contribution in [0.15, 0.2) is 28.7 Å². The Hall–Kier alpha value is -2.09. The van der Waals surface area contributed by atoms with E-state index in [1.165, 1.54) is 0 Å². The minimum Gasteiger partial charge on any atom is -0.348 e. The van der Waals surface area contributed by atoms with Crippen molar-refractivity contribution in [3.05, 3.63) is 24.3 Å². The van der Waals surface area contributed by atoms with Gasteiger partial charge in [0.05, 0.1) is 11.0 Å². The molecule has 0 unspecified atom stereocenters. The van der Waals surface area contributed by atoms with Gasteiger partial charge in [-0.2, -0.15) is 12.4 Å². The summed E-state index contributed by atoms with van der Waals surface area (Å²) in [6, 6.07) is 7.02. The van der Waals surface area contributed by atoms with Gasteiger partial charge in [0.1, 0.15) is 0 Å². The molecule has 0 saturated heterocycles. The lowest BCUT2D eigenvalue weighted by Gasteiger charge is -2.21. The molecule has 94 valence electrons. The van der Waals surface area contributed by atoms with E-state index in [0.29, 0.717) is 11.0 Å². The number of hydrogen-bond donors (Lipinski definition) is 1. The highest BCUT2D eigenvalue weighted by Crippen LogP contribution is 2.25. The van der Waals surface area contributed by atoms with Gasteiger partial charge in [-0.15, -0.1) is 4.40 Å². The second-order valence-electron chi connectivity index (χ2n) is 4.10. The minimum atomic E-state index is -3.78. The van der Waals surface area contributed by atoms with Gasteiger partial charge in [-0.3, -0.25) is 5.32 Å². The van der Waals surface area contributed by atoms with Crippen molar-refractivity contribution in [1.82, 2.24) is 13.9 Å². The fourth-order valence-corrected chi connectivity index (χ4v) is 3.00. The van der Waals surface area contributed by atoms with E-state index in [2.05, 4.69) is 14.7 Å². The fourth-order valence-electron chi connectivity index (χ4n) is 1.78. The van der Waals surface area contributed by atoms with Crippen LogP contribution in [-0.2, 0) is 10.2 Å². The molecule has 18 heavy (non-hydrogen) atoms. The first-order valence-corrected chi connectivity index (χ1v) is 6.66. The van der Waals surface area contributed by atoms with E-state index in [9.17, 15) is 8.42 Å². The molecule has 0 fully saturated rings. The Labute approximate surface area is 104 Å². The molecule has 1 aromatic heterocycles. The highest BCUT2D eigenvalue weighted by atomic mass is 32.2. The zero-order valence-corrected chi connectivity index (χ0v) is 10.6. The summed E-state index contributed by atoms with van der Waals surface area (Å²) >= 11 is 0. The number of guanidine groups is 1. The maximum absolute atomic E-state index is 12.1. The van der Waals surface area contributed by atoms with E-state index in [-0.39, 0.29) is 11.9 Å². The zero-order valence-electron chi connectivity index (χ0n) is 9.82. The average molecular weight is 265 g/mol. The van der Waals surface area contributed by atoms with Gasteiger partial charge in [0, 0.05) is 14.1 Å². The van der Waals surface area contributed by atoms with Crippen molar-refractivity contribution in [3.63, 3.8) is 0 Å². The van der Waals surface area contributed by atoms with Crippen molar-refractivity contribution in [3.8, 4) is 0 Å². The molecule has 8 heteroatoms. The van der Waals surface area contributed by atoms with E-state index < -0.39 is 10.2 Å². The Bertz CT molecular complexity index is 760. The molecule has 0 bridgehead atoms. The first kappa shape index (κ1) is 11.0. The lowest BCUT2D eigenvalue weighted by Crippen LogP contribution is -2.36. The second-order valence-corrected chi connectivity index (χ2v) is 5.54. The van der Waals surface area contributed by atoms with Gasteiger partial charge in [-0.25, -0.2) is 4.98 Å². The van der Waals surface area contributed by atoms with Crippen LogP contribution in [-0.4, -0.2) is 42.3 Å². The molecule has 0 amide bonds. The SMILES string of the molecule is CN(C)C1=NS(=O)(=O)n2c(nc3ccccc32)N1. The van der Waals surface area contributed by atoms with Crippen molar-refractivity contribution in [1.29, 1.82) is 0 Å². The summed E-state index contributed by atoms with van der Waals surface area (Å²) in [4.78, 5) is 5.83. The van der Waals surface area contributed by atoms with E-state index >= 15 is 0 Å². The summed E-state index contributed by atoms with van der Waals surface area (Å²) in [5, 5.41) is 2.89. The Morgan fingerprint density at radius 3 is 2.72 bits per heavy atom. The van der Waals surface area contributed by atoms with Gasteiger partial charge in [0.25, 0.3) is 0 Å². The van der Waals surface area contributed by atoms with Gasteiger partial charge in [0.2, 0.25) is 11.9 Å². The molecule has 7 nitrogen and oxygen atoms in total. The third-order valence-corrected chi connectivity index (χ3v) is 3.83. The summed E-state index contributed by atoms with van der Waals surface area (Å²) < 4.78 is 29.1. The number of aromatic nitrogens is 2. The molecular formula is C10H11N5O2S. The molecule has 2 aromatic rings. The van der Waals surface area contributed by atoms with Gasteiger partial charge in [0.15, 0.2) is 0 Å². The van der Waals surface area contributed by atoms with Crippen LogP contribution in [0.4, 0.5) is 5.95 Å². The number of rotatable bonds is 0. The van der Waals surface area contributed by atoms with Gasteiger partial charge in [-0.1, -0.05) is 12.1 Å². The number of benzene rings is 1. The van der Waals surface area contributed by atoms with E-state index in [1.807, 2.05) is 6.07 Å². The lowest BCUT2D eigenvalue weighted by atomic mass is 10.3. The third kappa shape index (κ3) is 1.46. The topological polar surface area (TPSA) is 79.6 Å². The number of fused-ring (bicyclic) bond motifs is 3. The zero-order chi connectivity index (χ0) is 12.9. The fraction of sp³-hybridized carbons (Fsp3) is 0.200. The summed E-state index contributed by atoms with van der Waals surface area (Å²) in [6.07, 6.45) is 0. The Balaban J connectivity index is 2.32. The Morgan fingerprint density at radius 1 is 1.28 bits per heavy atom. The maximum Gasteiger partial charge on any atom is 0.354 e. The molecule has 0 aliphatic carbocycles. The van der Waals surface area contributed by atoms with Crippen LogP contribution < -0.4 is 5.32 Å². The molecule has 2 heterocycles. The summed E-state index contributed by atoms with van der Waals surface area (Å²) in [5.41, 5.74) is 1.13. The number of anilines is 1. The van der Waals surface area contributed by atoms with Gasteiger partial charge in [-0.05, 0) is 12.1 Å². The molecule has 0 spiro atoms. The van der Waals surface area contributed by atoms with E-state index in [0.717, 1.165) is 3.97 Å². The predicted molar refractivity (Wildman–Crippen MR) is 68.8 cm³/mol. The van der Waals surface area contributed by atoms with E-state index in [1.54, 1.807) is 37.2 Å². The van der Waals surface area contributed by atoms with Gasteiger partial charge >= 0.3 is 10.2 Å². The second kappa shape index (κ2) is 3.45. The number of nitrogens with zero attached hydrogens (tertiary/aromatic N) is 4. The van der Waals surface area contributed by atoms with Crippen LogP contribution in [0.25, 0.3) is 11.0 Å². The highest BCUT2D eigenvalue weighted by Gasteiger charge is 2.28. The monoisotopic (exact) mass is 265 g/mol. The quantitative estimate of drug-likeness (QED) is 0.749. The minimum absolute atomic E-state index is 0.248. The van der Waals surface area contributed by atoms with Gasteiger partial charge < -0.3 is 4.90 Å². The average Bonchev–Trinajstić information content (AvgIpc) is 2.66. The van der Waals surface area contributed by atoms with Crippen LogP contribution >= 0.6 is 0 Å². The largest absolute Gasteiger partial charge is 0.354 e. The summed E-state index contributed by atoms with van der Waals surface area (Å²) in [5.74, 6) is 0.507. The van der Waals surface area contributed by atoms with Crippen molar-refractivity contribution >= 4 is 33.2 Å². The number of para-hydroxylation sites is 2. The number of nitrogens with one attached hydrogen (secondary N) is 1. The molecule has 1 aliphatic rings. The number of imidazole rings is 1. The third-order valence-electron chi connectivity index (χ3n) is 2.60. The van der Waals surface area contributed by atoms with Crippen molar-refractivity contribution in [2.75, 3.05) is 19.4 Å². The Kier molecular flexibility index (Phi) is 2.11. The normalized spacial score (nSPS) is 16.9. The van der Waals surface area contributed by atoms with Crippen LogP contribution in [0, 0.1) is 0 Å². The maximum atomic E-state index is 12.1. The predicted octanol–water partition coefficient (Wildman–Crippen LogP) is 0.472. The number of hydrogen-bond acceptors (Lipinski definition) is 5. The molecule has 0 saturated carbocycles. The van der Waals surface area contributed by atoms with Crippen molar-refractivity contribution < 1.29 is 8.42 Å². The molecule has 0 atom stereocenters. The van der Waals surface area contributed by atoms with Crippen LogP contribution in [0.5, 0.6) is 0 Å². The Morgan fingerprint density at radius 2 is 2.00 bits per heavy atom. The smallest absolute Gasteiger partial charge is 0.348 e. The molecule has 1 N–H and O–H groups in total. The molecule has 0 radical (unpaired) electrons. The summed E-state index contributed by atoms with van der Waals surface area (Å²) in [7, 11) is -0.366. The highest BCUT2D eigenvalue weighted by molar-refractivity contribution is 7.89. The standard InChI is InChI=1S/C10H11N5O2S/c1-14(2)10-12-9-11-7-5-3-4-6-8(7)15(9)18(16,17)13-10/h3-6H,1-2H3,(H,11,12,13). The molecular weight excluding hydrogens is 254 g/mol. The summed E-state index contributed by atoms with van der Waals surface area (Å²) in [6.45, 7) is 0. The first-order valence-electron chi connectivity index (χ1n) is 5.26. The van der Waals surface area contributed by atoms with E-state index in [4.69, 9.17) is 0 Å². The molecule has 3 rings (SSSR count).